The Kier molecular flexibility index (Phi) is 7.62. The van der Waals surface area contributed by atoms with Crippen LogP contribution in [0.1, 0.15) is 44.5 Å². The first-order valence-corrected chi connectivity index (χ1v) is 14.2. The summed E-state index contributed by atoms with van der Waals surface area (Å²) in [5.74, 6) is 0. The molecule has 12 heteroatoms. The van der Waals surface area contributed by atoms with Crippen molar-refractivity contribution in [3.05, 3.63) is 128 Å². The molecule has 0 saturated carbocycles. The fourth-order valence-corrected chi connectivity index (χ4v) is 6.28. The first-order chi connectivity index (χ1) is 23.8. The molecule has 6 nitrogen and oxygen atoms in total. The molecule has 4 aromatic rings. The van der Waals surface area contributed by atoms with Crippen molar-refractivity contribution in [3.8, 4) is 58.7 Å². The number of hydrogen-bond donors (Lipinski definition) is 0. The monoisotopic (exact) mass is 666 g/mol. The Morgan fingerprint density at radius 1 is 0.420 bits per heavy atom. The summed E-state index contributed by atoms with van der Waals surface area (Å²) in [6, 6.07) is 25.9. The number of fused-ring (bicyclic) bond motifs is 4. The molecule has 0 spiro atoms. The maximum Gasteiger partial charge on any atom is 0.417 e. The Hall–Kier alpha value is -7.38. The predicted molar refractivity (Wildman–Crippen MR) is 166 cm³/mol. The number of allylic oxidation sites excluding steroid dienone is 6. The summed E-state index contributed by atoms with van der Waals surface area (Å²) in [6.07, 6.45) is -9.55. The fourth-order valence-electron chi connectivity index (χ4n) is 6.28. The molecule has 0 atom stereocenters. The quantitative estimate of drug-likeness (QED) is 0.154. The third-order valence-electron chi connectivity index (χ3n) is 8.37. The van der Waals surface area contributed by atoms with Gasteiger partial charge in [0.1, 0.15) is 35.4 Å². The molecule has 6 rings (SSSR count). The maximum absolute atomic E-state index is 13.5. The highest BCUT2D eigenvalue weighted by Gasteiger charge is 2.41. The van der Waals surface area contributed by atoms with Gasteiger partial charge >= 0.3 is 12.4 Å². The summed E-state index contributed by atoms with van der Waals surface area (Å²) < 4.78 is 81.0. The van der Waals surface area contributed by atoms with Crippen molar-refractivity contribution >= 4 is 22.3 Å². The van der Waals surface area contributed by atoms with E-state index >= 15 is 0 Å². The SMILES string of the molecule is N#CC(C#N)=C1C2=C(C(=C(C#N)C#N)c3ccc(-c4ccc(C(F)(F)F)c(C#N)c4)cc32)c2cc(-c3ccc(C(F)(F)F)c(C#N)c3)ccc21. The van der Waals surface area contributed by atoms with E-state index < -0.39 is 34.6 Å². The number of alkyl halides is 6. The predicted octanol–water partition coefficient (Wildman–Crippen LogP) is 9.34. The average molecular weight is 667 g/mol. The van der Waals surface area contributed by atoms with Crippen LogP contribution in [-0.2, 0) is 12.4 Å². The first kappa shape index (κ1) is 32.6. The van der Waals surface area contributed by atoms with E-state index in [1.54, 1.807) is 24.3 Å². The van der Waals surface area contributed by atoms with E-state index in [-0.39, 0.29) is 44.6 Å². The van der Waals surface area contributed by atoms with Crippen molar-refractivity contribution in [2.24, 2.45) is 0 Å². The lowest BCUT2D eigenvalue weighted by Crippen LogP contribution is -2.07. The lowest BCUT2D eigenvalue weighted by Gasteiger charge is -2.15. The lowest BCUT2D eigenvalue weighted by molar-refractivity contribution is -0.138. The van der Waals surface area contributed by atoms with E-state index in [4.69, 9.17) is 0 Å². The van der Waals surface area contributed by atoms with E-state index in [2.05, 4.69) is 0 Å². The molecule has 0 heterocycles. The molecule has 0 saturated heterocycles. The molecule has 50 heavy (non-hydrogen) atoms. The van der Waals surface area contributed by atoms with Crippen molar-refractivity contribution in [1.29, 1.82) is 31.6 Å². The summed E-state index contributed by atoms with van der Waals surface area (Å²) in [5, 5.41) is 58.9. The van der Waals surface area contributed by atoms with E-state index in [0.717, 1.165) is 24.3 Å². The van der Waals surface area contributed by atoms with Gasteiger partial charge in [0.25, 0.3) is 0 Å². The zero-order valence-corrected chi connectivity index (χ0v) is 24.9. The van der Waals surface area contributed by atoms with Gasteiger partial charge in [-0.05, 0) is 80.9 Å². The van der Waals surface area contributed by atoms with Crippen LogP contribution in [0.5, 0.6) is 0 Å². The van der Waals surface area contributed by atoms with E-state index in [1.165, 1.54) is 36.4 Å². The molecule has 0 amide bonds. The highest BCUT2D eigenvalue weighted by molar-refractivity contribution is 6.38. The molecular formula is C38H12F6N6. The number of rotatable bonds is 2. The molecule has 0 radical (unpaired) electrons. The summed E-state index contributed by atoms with van der Waals surface area (Å²) in [6.45, 7) is 0. The molecule has 0 aromatic heterocycles. The molecule has 0 aliphatic heterocycles. The van der Waals surface area contributed by atoms with Crippen molar-refractivity contribution < 1.29 is 26.3 Å². The van der Waals surface area contributed by atoms with Crippen LogP contribution >= 0.6 is 0 Å². The summed E-state index contributed by atoms with van der Waals surface area (Å²) in [5.41, 5.74) is -0.780. The summed E-state index contributed by atoms with van der Waals surface area (Å²) >= 11 is 0. The van der Waals surface area contributed by atoms with Crippen LogP contribution in [0.15, 0.2) is 83.9 Å². The van der Waals surface area contributed by atoms with Gasteiger partial charge in [-0.15, -0.1) is 0 Å². The van der Waals surface area contributed by atoms with Gasteiger partial charge in [-0.3, -0.25) is 0 Å². The second-order valence-corrected chi connectivity index (χ2v) is 11.0. The summed E-state index contributed by atoms with van der Waals surface area (Å²) in [4.78, 5) is 0. The Morgan fingerprint density at radius 2 is 0.740 bits per heavy atom. The van der Waals surface area contributed by atoms with Crippen molar-refractivity contribution in [3.63, 3.8) is 0 Å². The van der Waals surface area contributed by atoms with E-state index in [9.17, 15) is 57.9 Å². The Morgan fingerprint density at radius 3 is 1.04 bits per heavy atom. The number of nitrogens with zero attached hydrogens (tertiary/aromatic N) is 6. The Bertz CT molecular complexity index is 2370. The highest BCUT2D eigenvalue weighted by Crippen LogP contribution is 2.60. The minimum absolute atomic E-state index is 0.144. The van der Waals surface area contributed by atoms with E-state index in [1.807, 2.05) is 24.3 Å². The minimum Gasteiger partial charge on any atom is -0.192 e. The summed E-state index contributed by atoms with van der Waals surface area (Å²) in [7, 11) is 0. The minimum atomic E-state index is -4.78. The van der Waals surface area contributed by atoms with E-state index in [0.29, 0.717) is 33.4 Å². The fraction of sp³-hybridized carbons (Fsp3) is 0.0526. The largest absolute Gasteiger partial charge is 0.417 e. The molecule has 2 aliphatic carbocycles. The third-order valence-corrected chi connectivity index (χ3v) is 8.37. The topological polar surface area (TPSA) is 143 Å². The van der Waals surface area contributed by atoms with Crippen LogP contribution in [0.25, 0.3) is 44.5 Å². The van der Waals surface area contributed by atoms with Crippen LogP contribution in [0.3, 0.4) is 0 Å². The van der Waals surface area contributed by atoms with Crippen LogP contribution in [-0.4, -0.2) is 0 Å². The molecule has 0 fully saturated rings. The van der Waals surface area contributed by atoms with Gasteiger partial charge in [0.15, 0.2) is 0 Å². The van der Waals surface area contributed by atoms with Gasteiger partial charge in [-0.1, -0.05) is 36.4 Å². The molecule has 0 N–H and O–H groups in total. The Balaban J connectivity index is 1.64. The number of halogens is 6. The third kappa shape index (κ3) is 5.03. The molecule has 2 aliphatic rings. The zero-order chi connectivity index (χ0) is 36.1. The van der Waals surface area contributed by atoms with Gasteiger partial charge in [-0.2, -0.15) is 57.9 Å². The molecule has 0 bridgehead atoms. The molecule has 4 aromatic carbocycles. The lowest BCUT2D eigenvalue weighted by atomic mass is 9.87. The van der Waals surface area contributed by atoms with Gasteiger partial charge in [0.05, 0.1) is 34.4 Å². The van der Waals surface area contributed by atoms with Crippen LogP contribution in [0, 0.1) is 68.0 Å². The number of nitriles is 6. The van der Waals surface area contributed by atoms with Crippen LogP contribution in [0.4, 0.5) is 26.3 Å². The smallest absolute Gasteiger partial charge is 0.192 e. The molecule has 236 valence electrons. The van der Waals surface area contributed by atoms with Crippen molar-refractivity contribution in [2.45, 2.75) is 12.4 Å². The zero-order valence-electron chi connectivity index (χ0n) is 24.9. The average Bonchev–Trinajstić information content (AvgIpc) is 3.60. The van der Waals surface area contributed by atoms with Crippen molar-refractivity contribution in [1.82, 2.24) is 0 Å². The van der Waals surface area contributed by atoms with Gasteiger partial charge in [-0.25, -0.2) is 0 Å². The van der Waals surface area contributed by atoms with Gasteiger partial charge in [0.2, 0.25) is 0 Å². The molecular weight excluding hydrogens is 654 g/mol. The second-order valence-electron chi connectivity index (χ2n) is 11.0. The van der Waals surface area contributed by atoms with Crippen LogP contribution in [0.2, 0.25) is 0 Å². The van der Waals surface area contributed by atoms with Crippen molar-refractivity contribution in [2.75, 3.05) is 0 Å². The second kappa shape index (κ2) is 11.7. The number of benzene rings is 4. The maximum atomic E-state index is 13.5. The standard InChI is InChI=1S/C38H12F6N6/c39-37(40,41)31-7-3-19(9-23(31)13-45)21-1-5-27-29(11-21)35-34(26(17-49)18-50)28-6-2-22(12-30(28)36(35)33(27)25(15-47)16-48)20-4-8-32(38(42,43)44)24(10-20)14-46/h1-12H. The molecule has 0 unspecified atom stereocenters. The highest BCUT2D eigenvalue weighted by atomic mass is 19.4. The van der Waals surface area contributed by atoms with Crippen LogP contribution < -0.4 is 0 Å². The van der Waals surface area contributed by atoms with Gasteiger partial charge in [0, 0.05) is 22.3 Å². The normalized spacial score (nSPS) is 12.7. The first-order valence-electron chi connectivity index (χ1n) is 14.2. The number of hydrogen-bond acceptors (Lipinski definition) is 6. The van der Waals surface area contributed by atoms with Gasteiger partial charge < -0.3 is 0 Å². The Labute approximate surface area is 279 Å².